The molecule has 1 amide bonds. The number of hydrogen-bond acceptors (Lipinski definition) is 1. The van der Waals surface area contributed by atoms with Crippen LogP contribution in [0.2, 0.25) is 0 Å². The molecule has 2 atom stereocenters. The number of rotatable bonds is 5. The molecule has 2 nitrogen and oxygen atoms in total. The summed E-state index contributed by atoms with van der Waals surface area (Å²) in [5.41, 5.74) is 0. The lowest BCUT2D eigenvalue weighted by atomic mass is 10.0. The zero-order valence-corrected chi connectivity index (χ0v) is 11.0. The SMILES string of the molecule is CC(C)N(CCCCl)C(=O)C1CC2CC2C1. The summed E-state index contributed by atoms with van der Waals surface area (Å²) in [5, 5.41) is 0. The second kappa shape index (κ2) is 4.95. The fourth-order valence-electron chi connectivity index (χ4n) is 3.00. The highest BCUT2D eigenvalue weighted by atomic mass is 35.5. The molecule has 2 saturated carbocycles. The first-order chi connectivity index (χ1) is 7.63. The minimum absolute atomic E-state index is 0.313. The number of hydrogen-bond donors (Lipinski definition) is 0. The average molecular weight is 244 g/mol. The Labute approximate surface area is 103 Å². The van der Waals surface area contributed by atoms with Crippen LogP contribution in [0.3, 0.4) is 0 Å². The summed E-state index contributed by atoms with van der Waals surface area (Å²) < 4.78 is 0. The maximum absolute atomic E-state index is 12.3. The third kappa shape index (κ3) is 2.53. The van der Waals surface area contributed by atoms with Gasteiger partial charge in [0, 0.05) is 24.4 Å². The monoisotopic (exact) mass is 243 g/mol. The van der Waals surface area contributed by atoms with Gasteiger partial charge >= 0.3 is 0 Å². The van der Waals surface area contributed by atoms with E-state index < -0.39 is 0 Å². The molecule has 0 aliphatic heterocycles. The van der Waals surface area contributed by atoms with Gasteiger partial charge in [-0.1, -0.05) is 0 Å². The van der Waals surface area contributed by atoms with Crippen molar-refractivity contribution in [2.75, 3.05) is 12.4 Å². The predicted octanol–water partition coefficient (Wildman–Crippen LogP) is 2.90. The molecule has 0 heterocycles. The summed E-state index contributed by atoms with van der Waals surface area (Å²) in [6, 6.07) is 0.313. The van der Waals surface area contributed by atoms with Crippen molar-refractivity contribution in [1.29, 1.82) is 0 Å². The van der Waals surface area contributed by atoms with Crippen molar-refractivity contribution in [3.63, 3.8) is 0 Å². The van der Waals surface area contributed by atoms with Crippen LogP contribution in [0.5, 0.6) is 0 Å². The van der Waals surface area contributed by atoms with E-state index in [1.165, 1.54) is 6.42 Å². The van der Waals surface area contributed by atoms with Crippen LogP contribution < -0.4 is 0 Å². The Bertz CT molecular complexity index is 257. The molecular weight excluding hydrogens is 222 g/mol. The molecule has 0 aromatic carbocycles. The standard InChI is InChI=1S/C13H22ClNO/c1-9(2)15(5-3-4-14)13(16)12-7-10-6-11(10)8-12/h9-12H,3-8H2,1-2H3. The van der Waals surface area contributed by atoms with Crippen molar-refractivity contribution < 1.29 is 4.79 Å². The zero-order valence-electron chi connectivity index (χ0n) is 10.3. The first kappa shape index (κ1) is 12.2. The molecule has 2 rings (SSSR count). The van der Waals surface area contributed by atoms with E-state index in [0.717, 1.165) is 37.6 Å². The summed E-state index contributed by atoms with van der Waals surface area (Å²) in [5.74, 6) is 3.12. The van der Waals surface area contributed by atoms with Crippen molar-refractivity contribution >= 4 is 17.5 Å². The molecule has 3 heteroatoms. The molecule has 0 N–H and O–H groups in total. The molecule has 92 valence electrons. The van der Waals surface area contributed by atoms with Gasteiger partial charge < -0.3 is 4.90 Å². The maximum Gasteiger partial charge on any atom is 0.225 e. The van der Waals surface area contributed by atoms with Gasteiger partial charge in [0.25, 0.3) is 0 Å². The molecule has 0 saturated heterocycles. The summed E-state index contributed by atoms with van der Waals surface area (Å²) in [4.78, 5) is 14.4. The first-order valence-electron chi connectivity index (χ1n) is 6.50. The van der Waals surface area contributed by atoms with E-state index in [0.29, 0.717) is 23.7 Å². The second-order valence-electron chi connectivity index (χ2n) is 5.59. The summed E-state index contributed by atoms with van der Waals surface area (Å²) in [6.45, 7) is 5.02. The van der Waals surface area contributed by atoms with Crippen LogP contribution in [0.25, 0.3) is 0 Å². The molecule has 2 aliphatic carbocycles. The van der Waals surface area contributed by atoms with Crippen LogP contribution in [-0.2, 0) is 4.79 Å². The van der Waals surface area contributed by atoms with E-state index in [-0.39, 0.29) is 0 Å². The van der Waals surface area contributed by atoms with E-state index in [1.54, 1.807) is 0 Å². The smallest absolute Gasteiger partial charge is 0.225 e. The van der Waals surface area contributed by atoms with Gasteiger partial charge in [-0.15, -0.1) is 11.6 Å². The second-order valence-corrected chi connectivity index (χ2v) is 5.97. The van der Waals surface area contributed by atoms with Gasteiger partial charge in [-0.25, -0.2) is 0 Å². The number of carbonyl (C=O) groups is 1. The lowest BCUT2D eigenvalue weighted by Crippen LogP contribution is -2.41. The van der Waals surface area contributed by atoms with Crippen molar-refractivity contribution in [3.05, 3.63) is 0 Å². The molecule has 2 unspecified atom stereocenters. The molecule has 0 spiro atoms. The Morgan fingerprint density at radius 3 is 2.44 bits per heavy atom. The van der Waals surface area contributed by atoms with Crippen molar-refractivity contribution in [2.24, 2.45) is 17.8 Å². The number of nitrogens with zero attached hydrogens (tertiary/aromatic N) is 1. The minimum atomic E-state index is 0.313. The third-order valence-corrected chi connectivity index (χ3v) is 4.30. The lowest BCUT2D eigenvalue weighted by molar-refractivity contribution is -0.137. The highest BCUT2D eigenvalue weighted by Gasteiger charge is 2.48. The molecule has 16 heavy (non-hydrogen) atoms. The molecule has 0 bridgehead atoms. The highest BCUT2D eigenvalue weighted by molar-refractivity contribution is 6.17. The van der Waals surface area contributed by atoms with Gasteiger partial charge in [0.05, 0.1) is 0 Å². The average Bonchev–Trinajstić information content (AvgIpc) is 2.85. The van der Waals surface area contributed by atoms with Crippen LogP contribution >= 0.6 is 11.6 Å². The van der Waals surface area contributed by atoms with Crippen molar-refractivity contribution in [2.45, 2.75) is 45.6 Å². The third-order valence-electron chi connectivity index (χ3n) is 4.03. The van der Waals surface area contributed by atoms with Crippen LogP contribution in [0.4, 0.5) is 0 Å². The summed E-state index contributed by atoms with van der Waals surface area (Å²) in [7, 11) is 0. The van der Waals surface area contributed by atoms with Crippen LogP contribution in [0.1, 0.15) is 39.5 Å². The number of carbonyl (C=O) groups excluding carboxylic acids is 1. The maximum atomic E-state index is 12.3. The van der Waals surface area contributed by atoms with Crippen molar-refractivity contribution in [1.82, 2.24) is 4.90 Å². The Kier molecular flexibility index (Phi) is 3.78. The van der Waals surface area contributed by atoms with Gasteiger partial charge in [0.2, 0.25) is 5.91 Å². The summed E-state index contributed by atoms with van der Waals surface area (Å²) in [6.07, 6.45) is 4.58. The van der Waals surface area contributed by atoms with Gasteiger partial charge in [0.15, 0.2) is 0 Å². The molecule has 0 aromatic rings. The van der Waals surface area contributed by atoms with Gasteiger partial charge in [-0.2, -0.15) is 0 Å². The Morgan fingerprint density at radius 1 is 1.31 bits per heavy atom. The summed E-state index contributed by atoms with van der Waals surface area (Å²) >= 11 is 5.71. The highest BCUT2D eigenvalue weighted by Crippen LogP contribution is 2.54. The van der Waals surface area contributed by atoms with E-state index in [4.69, 9.17) is 11.6 Å². The number of amides is 1. The van der Waals surface area contributed by atoms with E-state index in [2.05, 4.69) is 13.8 Å². The predicted molar refractivity (Wildman–Crippen MR) is 66.5 cm³/mol. The van der Waals surface area contributed by atoms with Crippen LogP contribution in [0, 0.1) is 17.8 Å². The molecule has 2 aliphatic rings. The molecule has 0 aromatic heterocycles. The normalized spacial score (nSPS) is 31.6. The fraction of sp³-hybridized carbons (Fsp3) is 0.923. The Hall–Kier alpha value is -0.240. The topological polar surface area (TPSA) is 20.3 Å². The number of halogens is 1. The van der Waals surface area contributed by atoms with E-state index >= 15 is 0 Å². The van der Waals surface area contributed by atoms with E-state index in [9.17, 15) is 4.79 Å². The molecular formula is C13H22ClNO. The van der Waals surface area contributed by atoms with Crippen LogP contribution in [0.15, 0.2) is 0 Å². The quantitative estimate of drug-likeness (QED) is 0.680. The van der Waals surface area contributed by atoms with Gasteiger partial charge in [-0.05, 0) is 51.4 Å². The zero-order chi connectivity index (χ0) is 11.7. The lowest BCUT2D eigenvalue weighted by Gasteiger charge is -2.29. The largest absolute Gasteiger partial charge is 0.340 e. The van der Waals surface area contributed by atoms with Gasteiger partial charge in [0.1, 0.15) is 0 Å². The fourth-order valence-corrected chi connectivity index (χ4v) is 3.12. The number of alkyl halides is 1. The Balaban J connectivity index is 1.88. The van der Waals surface area contributed by atoms with E-state index in [1.807, 2.05) is 4.90 Å². The molecule has 2 fully saturated rings. The van der Waals surface area contributed by atoms with Crippen molar-refractivity contribution in [3.8, 4) is 0 Å². The minimum Gasteiger partial charge on any atom is -0.340 e. The first-order valence-corrected chi connectivity index (χ1v) is 7.03. The number of fused-ring (bicyclic) bond motifs is 1. The Morgan fingerprint density at radius 2 is 1.94 bits per heavy atom. The van der Waals surface area contributed by atoms with Gasteiger partial charge in [-0.3, -0.25) is 4.79 Å². The van der Waals surface area contributed by atoms with Crippen LogP contribution in [-0.4, -0.2) is 29.3 Å². The molecule has 0 radical (unpaired) electrons.